The topological polar surface area (TPSA) is 90.0 Å². The number of amides is 1. The highest BCUT2D eigenvalue weighted by Gasteiger charge is 2.15. The number of imidazole rings is 1. The predicted octanol–water partition coefficient (Wildman–Crippen LogP) is 0.902. The number of carbonyl (C=O) groups excluding carboxylic acids is 1. The maximum absolute atomic E-state index is 12.1. The maximum Gasteiger partial charge on any atom is 0.252 e. The van der Waals surface area contributed by atoms with Gasteiger partial charge in [0, 0.05) is 29.9 Å². The van der Waals surface area contributed by atoms with Crippen LogP contribution in [-0.4, -0.2) is 40.8 Å². The lowest BCUT2D eigenvalue weighted by Gasteiger charge is -2.00. The van der Waals surface area contributed by atoms with Crippen molar-refractivity contribution < 1.29 is 4.79 Å². The van der Waals surface area contributed by atoms with Crippen molar-refractivity contribution in [3.05, 3.63) is 35.2 Å². The fourth-order valence-electron chi connectivity index (χ4n) is 2.72. The van der Waals surface area contributed by atoms with Crippen molar-refractivity contribution in [3.63, 3.8) is 0 Å². The molecule has 0 atom stereocenters. The Morgan fingerprint density at radius 2 is 2.21 bits per heavy atom. The number of carbonyl (C=O) groups is 1. The van der Waals surface area contributed by atoms with Gasteiger partial charge in [0.25, 0.3) is 5.78 Å². The number of aryl methyl sites for hydroxylation is 3. The van der Waals surface area contributed by atoms with Gasteiger partial charge in [0.1, 0.15) is 0 Å². The zero-order chi connectivity index (χ0) is 16.7. The Bertz CT molecular complexity index is 908. The van der Waals surface area contributed by atoms with E-state index in [9.17, 15) is 4.79 Å². The Hall–Kier alpha value is -2.42. The fourth-order valence-corrected chi connectivity index (χ4v) is 3.69. The van der Waals surface area contributed by atoms with Gasteiger partial charge in [-0.25, -0.2) is 14.5 Å². The molecule has 3 aromatic heterocycles. The van der Waals surface area contributed by atoms with E-state index < -0.39 is 0 Å². The summed E-state index contributed by atoms with van der Waals surface area (Å²) < 4.78 is 3.78. The zero-order valence-corrected chi connectivity index (χ0v) is 14.3. The minimum absolute atomic E-state index is 0.124. The number of rotatable bonds is 4. The van der Waals surface area contributed by atoms with Gasteiger partial charge >= 0.3 is 0 Å². The van der Waals surface area contributed by atoms with E-state index in [0.717, 1.165) is 34.5 Å². The Balaban J connectivity index is 1.41. The van der Waals surface area contributed by atoms with Crippen LogP contribution in [0.2, 0.25) is 0 Å². The summed E-state index contributed by atoms with van der Waals surface area (Å²) >= 11 is 1.74. The highest BCUT2D eigenvalue weighted by Crippen LogP contribution is 2.24. The van der Waals surface area contributed by atoms with Crippen molar-refractivity contribution in [2.45, 2.75) is 38.5 Å². The van der Waals surface area contributed by atoms with Crippen LogP contribution in [0.1, 0.15) is 22.9 Å². The molecule has 1 aliphatic rings. The van der Waals surface area contributed by atoms with Crippen molar-refractivity contribution in [2.75, 3.05) is 5.75 Å². The average molecular weight is 343 g/mol. The Labute approximate surface area is 142 Å². The highest BCUT2D eigenvalue weighted by atomic mass is 32.2. The van der Waals surface area contributed by atoms with Crippen molar-refractivity contribution in [1.29, 1.82) is 0 Å². The summed E-state index contributed by atoms with van der Waals surface area (Å²) in [7, 11) is 0. The lowest BCUT2D eigenvalue weighted by molar-refractivity contribution is -0.120. The molecule has 8 nitrogen and oxygen atoms in total. The summed E-state index contributed by atoms with van der Waals surface area (Å²) in [5.74, 6) is 1.94. The molecule has 0 spiro atoms. The largest absolute Gasteiger partial charge is 0.350 e. The summed E-state index contributed by atoms with van der Waals surface area (Å²) in [4.78, 5) is 25.3. The van der Waals surface area contributed by atoms with Gasteiger partial charge in [-0.15, -0.1) is 5.10 Å². The number of nitrogens with one attached hydrogen (secondary N) is 1. The molecule has 3 aromatic rings. The number of hydrogen-bond donors (Lipinski definition) is 1. The first-order chi connectivity index (χ1) is 11.6. The summed E-state index contributed by atoms with van der Waals surface area (Å²) in [5, 5.41) is 8.25. The molecule has 1 N–H and O–H groups in total. The van der Waals surface area contributed by atoms with Gasteiger partial charge in [-0.05, 0) is 19.9 Å². The van der Waals surface area contributed by atoms with E-state index in [1.807, 2.05) is 26.1 Å². The molecule has 124 valence electrons. The molecule has 0 unspecified atom stereocenters. The van der Waals surface area contributed by atoms with Crippen LogP contribution >= 0.6 is 11.8 Å². The van der Waals surface area contributed by atoms with Crippen LogP contribution in [0.5, 0.6) is 0 Å². The second-order valence-corrected chi connectivity index (χ2v) is 6.85. The third-order valence-electron chi connectivity index (χ3n) is 3.80. The van der Waals surface area contributed by atoms with Crippen molar-refractivity contribution in [1.82, 2.24) is 34.4 Å². The van der Waals surface area contributed by atoms with Crippen LogP contribution in [-0.2, 0) is 24.3 Å². The lowest BCUT2D eigenvalue weighted by Crippen LogP contribution is -2.25. The Kier molecular flexibility index (Phi) is 3.72. The molecule has 1 amide bonds. The van der Waals surface area contributed by atoms with E-state index in [1.54, 1.807) is 16.3 Å². The number of hydrogen-bond acceptors (Lipinski definition) is 6. The first-order valence-electron chi connectivity index (χ1n) is 7.74. The normalized spacial score (nSPS) is 13.4. The molecule has 4 heterocycles. The Morgan fingerprint density at radius 3 is 3.04 bits per heavy atom. The van der Waals surface area contributed by atoms with Crippen LogP contribution in [0.3, 0.4) is 0 Å². The standard InChI is InChI=1S/C15H17N7OS/c1-9-5-10(2)22-14(17-9)19-12(20-22)6-13(23)16-7-11-8-21-3-4-24-15(21)18-11/h5,8H,3-4,6-7H2,1-2H3,(H,16,23). The van der Waals surface area contributed by atoms with Gasteiger partial charge < -0.3 is 9.88 Å². The molecular weight excluding hydrogens is 326 g/mol. The quantitative estimate of drug-likeness (QED) is 0.757. The SMILES string of the molecule is Cc1cc(C)n2nc(CC(=O)NCc3cn4c(n3)SCC4)nc2n1. The van der Waals surface area contributed by atoms with Gasteiger partial charge in [-0.2, -0.15) is 4.98 Å². The molecule has 0 radical (unpaired) electrons. The summed E-state index contributed by atoms with van der Waals surface area (Å²) in [5.41, 5.74) is 2.71. The molecule has 1 aliphatic heterocycles. The van der Waals surface area contributed by atoms with Gasteiger partial charge in [-0.3, -0.25) is 4.79 Å². The van der Waals surface area contributed by atoms with Crippen LogP contribution < -0.4 is 5.32 Å². The molecule has 9 heteroatoms. The molecule has 4 rings (SSSR count). The third kappa shape index (κ3) is 2.86. The van der Waals surface area contributed by atoms with E-state index in [1.165, 1.54) is 0 Å². The van der Waals surface area contributed by atoms with Gasteiger partial charge in [-0.1, -0.05) is 11.8 Å². The van der Waals surface area contributed by atoms with E-state index in [2.05, 4.69) is 29.9 Å². The number of aromatic nitrogens is 6. The molecule has 0 saturated heterocycles. The molecule has 0 bridgehead atoms. The van der Waals surface area contributed by atoms with Crippen molar-refractivity contribution in [3.8, 4) is 0 Å². The Morgan fingerprint density at radius 1 is 1.33 bits per heavy atom. The zero-order valence-electron chi connectivity index (χ0n) is 13.5. The van der Waals surface area contributed by atoms with Crippen LogP contribution in [0.4, 0.5) is 0 Å². The van der Waals surface area contributed by atoms with Gasteiger partial charge in [0.2, 0.25) is 5.91 Å². The minimum Gasteiger partial charge on any atom is -0.350 e. The van der Waals surface area contributed by atoms with E-state index in [0.29, 0.717) is 18.1 Å². The summed E-state index contributed by atoms with van der Waals surface area (Å²) in [6.45, 7) is 5.26. The third-order valence-corrected chi connectivity index (χ3v) is 4.77. The van der Waals surface area contributed by atoms with Crippen LogP contribution in [0, 0.1) is 13.8 Å². The predicted molar refractivity (Wildman–Crippen MR) is 88.8 cm³/mol. The molecule has 24 heavy (non-hydrogen) atoms. The number of thioether (sulfide) groups is 1. The summed E-state index contributed by atoms with van der Waals surface area (Å²) in [6, 6.07) is 1.93. The smallest absolute Gasteiger partial charge is 0.252 e. The van der Waals surface area contributed by atoms with Gasteiger partial charge in [0.05, 0.1) is 18.7 Å². The second-order valence-electron chi connectivity index (χ2n) is 5.79. The molecule has 0 saturated carbocycles. The van der Waals surface area contributed by atoms with Gasteiger partial charge in [0.15, 0.2) is 11.0 Å². The van der Waals surface area contributed by atoms with Crippen LogP contribution in [0.15, 0.2) is 17.4 Å². The summed E-state index contributed by atoms with van der Waals surface area (Å²) in [6.07, 6.45) is 2.12. The first-order valence-corrected chi connectivity index (χ1v) is 8.72. The fraction of sp³-hybridized carbons (Fsp3) is 0.400. The van der Waals surface area contributed by atoms with Crippen molar-refractivity contribution >= 4 is 23.4 Å². The average Bonchev–Trinajstić information content (AvgIpc) is 3.18. The number of fused-ring (bicyclic) bond motifs is 2. The van der Waals surface area contributed by atoms with E-state index >= 15 is 0 Å². The lowest BCUT2D eigenvalue weighted by atomic mass is 10.3. The minimum atomic E-state index is -0.124. The highest BCUT2D eigenvalue weighted by molar-refractivity contribution is 7.99. The van der Waals surface area contributed by atoms with Crippen LogP contribution in [0.25, 0.3) is 5.78 Å². The molecular formula is C15H17N7OS. The van der Waals surface area contributed by atoms with E-state index in [4.69, 9.17) is 0 Å². The molecule has 0 aliphatic carbocycles. The molecule has 0 fully saturated rings. The maximum atomic E-state index is 12.1. The number of nitrogens with zero attached hydrogens (tertiary/aromatic N) is 6. The van der Waals surface area contributed by atoms with Crippen molar-refractivity contribution in [2.24, 2.45) is 0 Å². The monoisotopic (exact) mass is 343 g/mol. The molecule has 0 aromatic carbocycles. The first kappa shape index (κ1) is 15.1. The second kappa shape index (κ2) is 5.90. The van der Waals surface area contributed by atoms with E-state index in [-0.39, 0.29) is 12.3 Å².